The number of anilines is 2. The van der Waals surface area contributed by atoms with Crippen molar-refractivity contribution in [3.63, 3.8) is 0 Å². The minimum Gasteiger partial charge on any atom is -0.497 e. The van der Waals surface area contributed by atoms with Crippen LogP contribution in [0.25, 0.3) is 0 Å². The Labute approximate surface area is 164 Å². The number of methoxy groups -OCH3 is 2. The molecule has 6 heteroatoms. The van der Waals surface area contributed by atoms with Crippen LogP contribution in [-0.4, -0.2) is 25.1 Å². The van der Waals surface area contributed by atoms with Crippen molar-refractivity contribution in [3.05, 3.63) is 78.1 Å². The average Bonchev–Trinajstić information content (AvgIpc) is 2.74. The zero-order valence-corrected chi connectivity index (χ0v) is 16.1. The second-order valence-corrected chi connectivity index (χ2v) is 6.23. The lowest BCUT2D eigenvalue weighted by atomic mass is 10.1. The maximum atomic E-state index is 12.6. The second kappa shape index (κ2) is 8.90. The average molecular weight is 377 g/mol. The number of aromatic nitrogens is 1. The molecule has 1 unspecified atom stereocenters. The van der Waals surface area contributed by atoms with E-state index in [1.807, 2.05) is 49.4 Å². The third-order valence-corrected chi connectivity index (χ3v) is 4.33. The summed E-state index contributed by atoms with van der Waals surface area (Å²) in [5.74, 6) is 1.11. The van der Waals surface area contributed by atoms with Gasteiger partial charge in [0.2, 0.25) is 0 Å². The first-order valence-corrected chi connectivity index (χ1v) is 8.91. The van der Waals surface area contributed by atoms with Crippen molar-refractivity contribution >= 4 is 17.3 Å². The predicted molar refractivity (Wildman–Crippen MR) is 109 cm³/mol. The number of nitrogens with one attached hydrogen (secondary N) is 2. The van der Waals surface area contributed by atoms with Crippen molar-refractivity contribution in [2.45, 2.75) is 13.0 Å². The van der Waals surface area contributed by atoms with Crippen molar-refractivity contribution in [1.82, 2.24) is 10.3 Å². The fourth-order valence-electron chi connectivity index (χ4n) is 2.79. The van der Waals surface area contributed by atoms with Crippen LogP contribution in [-0.2, 0) is 0 Å². The van der Waals surface area contributed by atoms with Crippen LogP contribution in [0.15, 0.2) is 66.9 Å². The van der Waals surface area contributed by atoms with E-state index in [0.29, 0.717) is 17.2 Å². The molecule has 2 N–H and O–H groups in total. The van der Waals surface area contributed by atoms with Crippen LogP contribution >= 0.6 is 0 Å². The molecule has 3 aromatic rings. The van der Waals surface area contributed by atoms with E-state index in [1.165, 1.54) is 0 Å². The van der Waals surface area contributed by atoms with E-state index in [-0.39, 0.29) is 11.9 Å². The van der Waals surface area contributed by atoms with Gasteiger partial charge in [-0.1, -0.05) is 30.3 Å². The third-order valence-electron chi connectivity index (χ3n) is 4.33. The molecule has 0 radical (unpaired) electrons. The van der Waals surface area contributed by atoms with Gasteiger partial charge in [-0.15, -0.1) is 0 Å². The smallest absolute Gasteiger partial charge is 0.270 e. The summed E-state index contributed by atoms with van der Waals surface area (Å²) in [6.45, 7) is 1.94. The lowest BCUT2D eigenvalue weighted by molar-refractivity contribution is 0.0935. The van der Waals surface area contributed by atoms with Gasteiger partial charge in [0.25, 0.3) is 5.91 Å². The Balaban J connectivity index is 1.74. The predicted octanol–water partition coefficient (Wildman–Crippen LogP) is 4.33. The highest BCUT2D eigenvalue weighted by Gasteiger charge is 2.13. The quantitative estimate of drug-likeness (QED) is 0.641. The number of rotatable bonds is 7. The first kappa shape index (κ1) is 19.2. The molecular weight excluding hydrogens is 354 g/mol. The summed E-state index contributed by atoms with van der Waals surface area (Å²) in [5.41, 5.74) is 2.86. The summed E-state index contributed by atoms with van der Waals surface area (Å²) < 4.78 is 10.6. The van der Waals surface area contributed by atoms with Crippen molar-refractivity contribution in [1.29, 1.82) is 0 Å². The summed E-state index contributed by atoms with van der Waals surface area (Å²) in [4.78, 5) is 16.8. The minimum absolute atomic E-state index is 0.117. The second-order valence-electron chi connectivity index (χ2n) is 6.23. The molecule has 0 spiro atoms. The van der Waals surface area contributed by atoms with Crippen LogP contribution in [0.5, 0.6) is 11.5 Å². The summed E-state index contributed by atoms with van der Waals surface area (Å²) in [5, 5.41) is 6.23. The van der Waals surface area contributed by atoms with Crippen LogP contribution in [0, 0.1) is 0 Å². The van der Waals surface area contributed by atoms with E-state index >= 15 is 0 Å². The van der Waals surface area contributed by atoms with E-state index in [0.717, 1.165) is 16.9 Å². The lowest BCUT2D eigenvalue weighted by Gasteiger charge is -2.15. The largest absolute Gasteiger partial charge is 0.497 e. The van der Waals surface area contributed by atoms with Gasteiger partial charge < -0.3 is 20.1 Å². The highest BCUT2D eigenvalue weighted by molar-refractivity contribution is 5.93. The highest BCUT2D eigenvalue weighted by atomic mass is 16.5. The van der Waals surface area contributed by atoms with E-state index < -0.39 is 0 Å². The summed E-state index contributed by atoms with van der Waals surface area (Å²) in [6, 6.07) is 18.7. The van der Waals surface area contributed by atoms with Crippen molar-refractivity contribution in [3.8, 4) is 11.5 Å². The van der Waals surface area contributed by atoms with Crippen molar-refractivity contribution in [2.75, 3.05) is 19.5 Å². The van der Waals surface area contributed by atoms with Gasteiger partial charge in [-0.05, 0) is 36.8 Å². The Kier molecular flexibility index (Phi) is 6.11. The van der Waals surface area contributed by atoms with Gasteiger partial charge in [-0.25, -0.2) is 0 Å². The molecule has 0 aliphatic heterocycles. The molecule has 1 amide bonds. The molecule has 3 rings (SSSR count). The Morgan fingerprint density at radius 3 is 2.50 bits per heavy atom. The lowest BCUT2D eigenvalue weighted by Crippen LogP contribution is -2.27. The Morgan fingerprint density at radius 2 is 1.79 bits per heavy atom. The summed E-state index contributed by atoms with van der Waals surface area (Å²) in [7, 11) is 3.20. The van der Waals surface area contributed by atoms with E-state index in [2.05, 4.69) is 15.6 Å². The molecule has 1 aromatic heterocycles. The summed E-state index contributed by atoms with van der Waals surface area (Å²) >= 11 is 0. The molecule has 144 valence electrons. The van der Waals surface area contributed by atoms with Gasteiger partial charge in [-0.2, -0.15) is 0 Å². The molecule has 1 heterocycles. The fraction of sp³-hybridized carbons (Fsp3) is 0.182. The molecule has 2 aromatic carbocycles. The molecule has 0 saturated carbocycles. The van der Waals surface area contributed by atoms with Crippen LogP contribution in [0.1, 0.15) is 29.0 Å². The zero-order chi connectivity index (χ0) is 19.9. The molecule has 0 fully saturated rings. The normalized spacial score (nSPS) is 11.4. The SMILES string of the molecule is COc1ccc(Nc2ccnc(C(=O)NC(C)c3ccccc3)c2)c(OC)c1. The van der Waals surface area contributed by atoms with Crippen molar-refractivity contribution in [2.24, 2.45) is 0 Å². The number of carbonyl (C=O) groups is 1. The minimum atomic E-state index is -0.235. The van der Waals surface area contributed by atoms with E-state index in [1.54, 1.807) is 38.6 Å². The van der Waals surface area contributed by atoms with Gasteiger partial charge in [0.15, 0.2) is 0 Å². The third kappa shape index (κ3) is 4.59. The van der Waals surface area contributed by atoms with Gasteiger partial charge in [-0.3, -0.25) is 9.78 Å². The van der Waals surface area contributed by atoms with Crippen LogP contribution in [0.4, 0.5) is 11.4 Å². The van der Waals surface area contributed by atoms with Gasteiger partial charge in [0.1, 0.15) is 17.2 Å². The number of pyridine rings is 1. The Morgan fingerprint density at radius 1 is 1.00 bits per heavy atom. The monoisotopic (exact) mass is 377 g/mol. The van der Waals surface area contributed by atoms with Crippen LogP contribution < -0.4 is 20.1 Å². The molecule has 28 heavy (non-hydrogen) atoms. The molecular formula is C22H23N3O3. The molecule has 1 atom stereocenters. The number of carbonyl (C=O) groups excluding carboxylic acids is 1. The zero-order valence-electron chi connectivity index (χ0n) is 16.1. The van der Waals surface area contributed by atoms with E-state index in [4.69, 9.17) is 9.47 Å². The molecule has 0 aliphatic carbocycles. The number of hydrogen-bond donors (Lipinski definition) is 2. The summed E-state index contributed by atoms with van der Waals surface area (Å²) in [6.07, 6.45) is 1.60. The fourth-order valence-corrected chi connectivity index (χ4v) is 2.79. The number of amides is 1. The molecule has 6 nitrogen and oxygen atoms in total. The number of benzene rings is 2. The first-order valence-electron chi connectivity index (χ1n) is 8.91. The molecule has 0 saturated heterocycles. The topological polar surface area (TPSA) is 72.5 Å². The maximum Gasteiger partial charge on any atom is 0.270 e. The number of ether oxygens (including phenoxy) is 2. The standard InChI is InChI=1S/C22H23N3O3/c1-15(16-7-5-4-6-8-16)24-22(26)20-13-17(11-12-23-20)25-19-10-9-18(27-2)14-21(19)28-3/h4-15H,1-3H3,(H,23,25)(H,24,26). The van der Waals surface area contributed by atoms with Gasteiger partial charge >= 0.3 is 0 Å². The van der Waals surface area contributed by atoms with Crippen LogP contribution in [0.3, 0.4) is 0 Å². The highest BCUT2D eigenvalue weighted by Crippen LogP contribution is 2.31. The van der Waals surface area contributed by atoms with Gasteiger partial charge in [0.05, 0.1) is 25.9 Å². The maximum absolute atomic E-state index is 12.6. The molecule has 0 aliphatic rings. The number of nitrogens with zero attached hydrogens (tertiary/aromatic N) is 1. The molecule has 0 bridgehead atoms. The van der Waals surface area contributed by atoms with Crippen LogP contribution in [0.2, 0.25) is 0 Å². The Hall–Kier alpha value is -3.54. The van der Waals surface area contributed by atoms with Gasteiger partial charge in [0, 0.05) is 18.0 Å². The Bertz CT molecular complexity index is 945. The first-order chi connectivity index (χ1) is 13.6. The number of hydrogen-bond acceptors (Lipinski definition) is 5. The van der Waals surface area contributed by atoms with Crippen molar-refractivity contribution < 1.29 is 14.3 Å². The van der Waals surface area contributed by atoms with E-state index in [9.17, 15) is 4.79 Å².